The highest BCUT2D eigenvalue weighted by molar-refractivity contribution is 7.08. The Bertz CT molecular complexity index is 416. The largest absolute Gasteiger partial charge is 0.347 e. The molecule has 0 aliphatic rings. The van der Waals surface area contributed by atoms with Crippen LogP contribution in [-0.2, 0) is 11.2 Å². The van der Waals surface area contributed by atoms with E-state index in [4.69, 9.17) is 0 Å². The van der Waals surface area contributed by atoms with Crippen molar-refractivity contribution in [3.63, 3.8) is 0 Å². The van der Waals surface area contributed by atoms with E-state index < -0.39 is 6.04 Å². The van der Waals surface area contributed by atoms with E-state index in [9.17, 15) is 9.59 Å². The lowest BCUT2D eigenvalue weighted by molar-refractivity contribution is -0.130. The van der Waals surface area contributed by atoms with E-state index in [1.165, 1.54) is 4.90 Å². The first kappa shape index (κ1) is 13.6. The molecular formula is C10H16N4O2S. The molecule has 1 N–H and O–H groups in total. The second kappa shape index (κ2) is 5.72. The fraction of sp³-hybridized carbons (Fsp3) is 0.600. The number of amides is 2. The monoisotopic (exact) mass is 256 g/mol. The van der Waals surface area contributed by atoms with Crippen molar-refractivity contribution in [3.05, 3.63) is 10.6 Å². The predicted molar refractivity (Wildman–Crippen MR) is 64.9 cm³/mol. The average molecular weight is 256 g/mol. The van der Waals surface area contributed by atoms with Gasteiger partial charge in [0.15, 0.2) is 0 Å². The number of nitrogens with one attached hydrogen (secondary N) is 1. The minimum atomic E-state index is -0.552. The van der Waals surface area contributed by atoms with Crippen molar-refractivity contribution in [1.82, 2.24) is 19.8 Å². The summed E-state index contributed by atoms with van der Waals surface area (Å²) in [7, 11) is 3.30. The number of aryl methyl sites for hydroxylation is 1. The molecule has 2 amide bonds. The molecule has 0 saturated carbocycles. The van der Waals surface area contributed by atoms with E-state index in [0.29, 0.717) is 17.0 Å². The van der Waals surface area contributed by atoms with E-state index >= 15 is 0 Å². The Kier molecular flexibility index (Phi) is 4.56. The smallest absolute Gasteiger partial charge is 0.265 e. The van der Waals surface area contributed by atoms with Crippen LogP contribution in [0.4, 0.5) is 0 Å². The van der Waals surface area contributed by atoms with E-state index in [1.807, 2.05) is 6.92 Å². The number of carbonyl (C=O) groups excluding carboxylic acids is 2. The first-order chi connectivity index (χ1) is 7.97. The van der Waals surface area contributed by atoms with Crippen molar-refractivity contribution < 1.29 is 9.59 Å². The summed E-state index contributed by atoms with van der Waals surface area (Å²) in [5.74, 6) is -0.437. The molecular weight excluding hydrogens is 240 g/mol. The van der Waals surface area contributed by atoms with Gasteiger partial charge in [-0.2, -0.15) is 0 Å². The van der Waals surface area contributed by atoms with Gasteiger partial charge in [0, 0.05) is 14.1 Å². The number of hydrogen-bond donors (Lipinski definition) is 1. The van der Waals surface area contributed by atoms with Crippen LogP contribution in [0.1, 0.15) is 29.2 Å². The van der Waals surface area contributed by atoms with Gasteiger partial charge >= 0.3 is 0 Å². The molecule has 0 aromatic carbocycles. The zero-order valence-electron chi connectivity index (χ0n) is 10.4. The fourth-order valence-corrected chi connectivity index (χ4v) is 1.98. The molecule has 94 valence electrons. The molecule has 0 saturated heterocycles. The number of aromatic nitrogens is 2. The number of carbonyl (C=O) groups is 2. The lowest BCUT2D eigenvalue weighted by atomic mass is 10.2. The van der Waals surface area contributed by atoms with E-state index in [-0.39, 0.29) is 11.8 Å². The Morgan fingerprint density at radius 3 is 2.65 bits per heavy atom. The topological polar surface area (TPSA) is 75.2 Å². The van der Waals surface area contributed by atoms with Gasteiger partial charge in [-0.05, 0) is 24.9 Å². The third kappa shape index (κ3) is 3.23. The van der Waals surface area contributed by atoms with Crippen molar-refractivity contribution >= 4 is 23.3 Å². The average Bonchev–Trinajstić information content (AvgIpc) is 2.75. The highest BCUT2D eigenvalue weighted by Crippen LogP contribution is 2.11. The Hall–Kier alpha value is -1.50. The van der Waals surface area contributed by atoms with Crippen molar-refractivity contribution in [1.29, 1.82) is 0 Å². The molecule has 0 fully saturated rings. The Balaban J connectivity index is 2.70. The maximum Gasteiger partial charge on any atom is 0.265 e. The first-order valence-corrected chi connectivity index (χ1v) is 6.08. The number of hydrogen-bond acceptors (Lipinski definition) is 5. The minimum Gasteiger partial charge on any atom is -0.347 e. The molecule has 0 spiro atoms. The zero-order chi connectivity index (χ0) is 13.0. The van der Waals surface area contributed by atoms with Crippen LogP contribution in [0.2, 0.25) is 0 Å². The third-order valence-electron chi connectivity index (χ3n) is 2.26. The minimum absolute atomic E-state index is 0.145. The predicted octanol–water partition coefficient (Wildman–Crippen LogP) is 0.307. The van der Waals surface area contributed by atoms with Gasteiger partial charge in [0.1, 0.15) is 10.9 Å². The second-order valence-electron chi connectivity index (χ2n) is 3.83. The van der Waals surface area contributed by atoms with Gasteiger partial charge in [0.05, 0.1) is 5.69 Å². The molecule has 1 atom stereocenters. The van der Waals surface area contributed by atoms with Crippen LogP contribution in [0, 0.1) is 0 Å². The highest BCUT2D eigenvalue weighted by atomic mass is 32.1. The summed E-state index contributed by atoms with van der Waals surface area (Å²) in [6.45, 7) is 3.56. The van der Waals surface area contributed by atoms with Crippen LogP contribution < -0.4 is 5.32 Å². The van der Waals surface area contributed by atoms with Crippen molar-refractivity contribution in [3.8, 4) is 0 Å². The number of nitrogens with zero attached hydrogens (tertiary/aromatic N) is 3. The lowest BCUT2D eigenvalue weighted by Gasteiger charge is -2.17. The summed E-state index contributed by atoms with van der Waals surface area (Å²) >= 11 is 1.05. The van der Waals surface area contributed by atoms with Gasteiger partial charge in [-0.15, -0.1) is 5.10 Å². The quantitative estimate of drug-likeness (QED) is 0.841. The summed E-state index contributed by atoms with van der Waals surface area (Å²) in [6.07, 6.45) is 0.648. The maximum atomic E-state index is 11.9. The standard InChI is InChI=1S/C10H16N4O2S/c1-5-7-8(17-13-12-7)9(15)11-6(2)10(16)14(3)4/h6H,5H2,1-4H3,(H,11,15)/t6-/m0/s1. The van der Waals surface area contributed by atoms with Crippen LogP contribution in [0.25, 0.3) is 0 Å². The van der Waals surface area contributed by atoms with Gasteiger partial charge in [0.2, 0.25) is 5.91 Å². The van der Waals surface area contributed by atoms with Crippen LogP contribution in [0.5, 0.6) is 0 Å². The molecule has 0 unspecified atom stereocenters. The van der Waals surface area contributed by atoms with Crippen LogP contribution in [0.15, 0.2) is 0 Å². The molecule has 0 radical (unpaired) electrons. The lowest BCUT2D eigenvalue weighted by Crippen LogP contribution is -2.44. The SMILES string of the molecule is CCc1nnsc1C(=O)N[C@@H](C)C(=O)N(C)C. The Labute approximate surface area is 104 Å². The molecule has 0 aliphatic carbocycles. The van der Waals surface area contributed by atoms with E-state index in [2.05, 4.69) is 14.9 Å². The molecule has 1 rings (SSSR count). The first-order valence-electron chi connectivity index (χ1n) is 5.30. The van der Waals surface area contributed by atoms with Gasteiger partial charge in [-0.1, -0.05) is 11.4 Å². The molecule has 1 aromatic heterocycles. The molecule has 0 bridgehead atoms. The Morgan fingerprint density at radius 1 is 1.47 bits per heavy atom. The highest BCUT2D eigenvalue weighted by Gasteiger charge is 2.21. The van der Waals surface area contributed by atoms with Gasteiger partial charge in [-0.25, -0.2) is 0 Å². The summed E-state index contributed by atoms with van der Waals surface area (Å²) < 4.78 is 3.74. The Morgan fingerprint density at radius 2 is 2.12 bits per heavy atom. The number of likely N-dealkylation sites (N-methyl/N-ethyl adjacent to an activating group) is 1. The van der Waals surface area contributed by atoms with E-state index in [0.717, 1.165) is 11.5 Å². The van der Waals surface area contributed by atoms with Crippen LogP contribution in [-0.4, -0.2) is 46.4 Å². The second-order valence-corrected chi connectivity index (χ2v) is 4.58. The van der Waals surface area contributed by atoms with Gasteiger partial charge < -0.3 is 10.2 Å². The molecule has 17 heavy (non-hydrogen) atoms. The van der Waals surface area contributed by atoms with Crippen molar-refractivity contribution in [2.45, 2.75) is 26.3 Å². The van der Waals surface area contributed by atoms with Gasteiger partial charge in [0.25, 0.3) is 5.91 Å². The summed E-state index contributed by atoms with van der Waals surface area (Å²) in [5, 5.41) is 6.49. The maximum absolute atomic E-state index is 11.9. The van der Waals surface area contributed by atoms with E-state index in [1.54, 1.807) is 21.0 Å². The zero-order valence-corrected chi connectivity index (χ0v) is 11.2. The molecule has 1 aromatic rings. The molecule has 1 heterocycles. The summed E-state index contributed by atoms with van der Waals surface area (Å²) in [6, 6.07) is -0.552. The number of rotatable bonds is 4. The van der Waals surface area contributed by atoms with Gasteiger partial charge in [-0.3, -0.25) is 9.59 Å². The summed E-state index contributed by atoms with van der Waals surface area (Å²) in [4.78, 5) is 25.4. The van der Waals surface area contributed by atoms with Crippen LogP contribution in [0.3, 0.4) is 0 Å². The molecule has 0 aliphatic heterocycles. The molecule has 7 heteroatoms. The normalized spacial score (nSPS) is 12.0. The summed E-state index contributed by atoms with van der Waals surface area (Å²) in [5.41, 5.74) is 0.664. The third-order valence-corrected chi connectivity index (χ3v) is 3.02. The molecule has 6 nitrogen and oxygen atoms in total. The van der Waals surface area contributed by atoms with Crippen LogP contribution >= 0.6 is 11.5 Å². The van der Waals surface area contributed by atoms with Crippen molar-refractivity contribution in [2.24, 2.45) is 0 Å². The fourth-order valence-electron chi connectivity index (χ4n) is 1.32. The van der Waals surface area contributed by atoms with Crippen molar-refractivity contribution in [2.75, 3.05) is 14.1 Å².